The molecule has 1 aromatic rings. The maximum Gasteiger partial charge on any atom is 0.313 e. The van der Waals surface area contributed by atoms with Crippen molar-refractivity contribution in [1.29, 1.82) is 0 Å². The van der Waals surface area contributed by atoms with Crippen molar-refractivity contribution in [2.75, 3.05) is 26.2 Å². The fourth-order valence-corrected chi connectivity index (χ4v) is 3.54. The van der Waals surface area contributed by atoms with E-state index in [-0.39, 0.29) is 0 Å². The first-order valence-electron chi connectivity index (χ1n) is 8.42. The number of aliphatic hydroxyl groups excluding tert-OH is 1. The number of benzene rings is 1. The van der Waals surface area contributed by atoms with Gasteiger partial charge in [-0.2, -0.15) is 0 Å². The van der Waals surface area contributed by atoms with Crippen LogP contribution >= 0.6 is 11.6 Å². The van der Waals surface area contributed by atoms with Crippen LogP contribution in [0.4, 0.5) is 0 Å². The lowest BCUT2D eigenvalue weighted by molar-refractivity contribution is -0.164. The number of aryl methyl sites for hydroxylation is 1. The standard InChI is InChI=1S/C18H26ClNO4/c1-3-7-18(17(22)23)12-20(8-6-16(18)21)9-10-24-15-11-13(2)4-5-14(15)19/h4-5,11,16,21H,3,6-10,12H2,1-2H3,(H,22,23)/t16-,18+/m0/s1. The number of ether oxygens (including phenoxy) is 1. The van der Waals surface area contributed by atoms with Gasteiger partial charge in [0.25, 0.3) is 0 Å². The molecule has 24 heavy (non-hydrogen) atoms. The van der Waals surface area contributed by atoms with Gasteiger partial charge in [0.05, 0.1) is 11.1 Å². The molecule has 0 spiro atoms. The fraction of sp³-hybridized carbons (Fsp3) is 0.611. The number of likely N-dealkylation sites (tertiary alicyclic amines) is 1. The molecule has 6 heteroatoms. The molecular weight excluding hydrogens is 330 g/mol. The minimum atomic E-state index is -1.08. The number of carboxylic acid groups (broad SMARTS) is 1. The van der Waals surface area contributed by atoms with Crippen LogP contribution in [0.3, 0.4) is 0 Å². The number of carbonyl (C=O) groups is 1. The highest BCUT2D eigenvalue weighted by Crippen LogP contribution is 2.35. The summed E-state index contributed by atoms with van der Waals surface area (Å²) < 4.78 is 5.75. The third kappa shape index (κ3) is 4.21. The molecule has 1 heterocycles. The zero-order valence-electron chi connectivity index (χ0n) is 14.3. The quantitative estimate of drug-likeness (QED) is 0.787. The second kappa shape index (κ2) is 8.19. The van der Waals surface area contributed by atoms with Crippen molar-refractivity contribution in [2.24, 2.45) is 5.41 Å². The average Bonchev–Trinajstić information content (AvgIpc) is 2.53. The highest BCUT2D eigenvalue weighted by molar-refractivity contribution is 6.32. The summed E-state index contributed by atoms with van der Waals surface area (Å²) in [7, 11) is 0. The van der Waals surface area contributed by atoms with Crippen LogP contribution in [0.2, 0.25) is 5.02 Å². The molecule has 0 amide bonds. The van der Waals surface area contributed by atoms with Gasteiger partial charge in [-0.15, -0.1) is 0 Å². The van der Waals surface area contributed by atoms with Crippen LogP contribution in [0, 0.1) is 12.3 Å². The summed E-state index contributed by atoms with van der Waals surface area (Å²) in [5.41, 5.74) is -0.00288. The van der Waals surface area contributed by atoms with Crippen molar-refractivity contribution in [1.82, 2.24) is 4.90 Å². The molecule has 0 unspecified atom stereocenters. The van der Waals surface area contributed by atoms with Crippen molar-refractivity contribution in [3.05, 3.63) is 28.8 Å². The fourth-order valence-electron chi connectivity index (χ4n) is 3.37. The SMILES string of the molecule is CCC[C@@]1(C(=O)O)CN(CCOc2cc(C)ccc2Cl)CC[C@@H]1O. The monoisotopic (exact) mass is 355 g/mol. The van der Waals surface area contributed by atoms with E-state index in [9.17, 15) is 15.0 Å². The molecule has 1 fully saturated rings. The number of hydrogen-bond acceptors (Lipinski definition) is 4. The lowest BCUT2D eigenvalue weighted by atomic mass is 9.74. The Labute approximate surface area is 148 Å². The van der Waals surface area contributed by atoms with Gasteiger partial charge >= 0.3 is 5.97 Å². The van der Waals surface area contributed by atoms with E-state index >= 15 is 0 Å². The molecule has 1 aliphatic heterocycles. The Hall–Kier alpha value is -1.30. The second-order valence-corrected chi connectivity index (χ2v) is 6.98. The maximum atomic E-state index is 11.8. The lowest BCUT2D eigenvalue weighted by Gasteiger charge is -2.43. The van der Waals surface area contributed by atoms with Crippen LogP contribution in [-0.2, 0) is 4.79 Å². The number of aliphatic hydroxyl groups is 1. The molecule has 0 radical (unpaired) electrons. The maximum absolute atomic E-state index is 11.8. The van der Waals surface area contributed by atoms with Gasteiger partial charge in [-0.1, -0.05) is 31.0 Å². The highest BCUT2D eigenvalue weighted by Gasteiger charge is 2.48. The molecule has 2 rings (SSSR count). The average molecular weight is 356 g/mol. The van der Waals surface area contributed by atoms with E-state index in [0.717, 1.165) is 12.0 Å². The number of hydrogen-bond donors (Lipinski definition) is 2. The van der Waals surface area contributed by atoms with Gasteiger partial charge in [0.1, 0.15) is 17.8 Å². The number of aliphatic carboxylic acids is 1. The van der Waals surface area contributed by atoms with Gasteiger partial charge in [-0.05, 0) is 37.5 Å². The van der Waals surface area contributed by atoms with E-state index < -0.39 is 17.5 Å². The van der Waals surface area contributed by atoms with Gasteiger partial charge in [0, 0.05) is 19.6 Å². The summed E-state index contributed by atoms with van der Waals surface area (Å²) >= 11 is 6.12. The predicted octanol–water partition coefficient (Wildman–Crippen LogP) is 2.96. The Morgan fingerprint density at radius 2 is 2.25 bits per heavy atom. The van der Waals surface area contributed by atoms with Gasteiger partial charge < -0.3 is 14.9 Å². The molecule has 0 saturated carbocycles. The minimum Gasteiger partial charge on any atom is -0.491 e. The third-order valence-corrected chi connectivity index (χ3v) is 5.05. The summed E-state index contributed by atoms with van der Waals surface area (Å²) in [4.78, 5) is 13.8. The summed E-state index contributed by atoms with van der Waals surface area (Å²) in [6, 6.07) is 5.62. The Kier molecular flexibility index (Phi) is 6.49. The molecule has 2 atom stereocenters. The topological polar surface area (TPSA) is 70.0 Å². The number of piperidine rings is 1. The highest BCUT2D eigenvalue weighted by atomic mass is 35.5. The first-order chi connectivity index (χ1) is 11.4. The van der Waals surface area contributed by atoms with E-state index in [1.807, 2.05) is 26.0 Å². The van der Waals surface area contributed by atoms with Crippen LogP contribution in [-0.4, -0.2) is 53.4 Å². The van der Waals surface area contributed by atoms with Gasteiger partial charge in [-0.25, -0.2) is 0 Å². The zero-order chi connectivity index (χ0) is 17.7. The molecule has 2 N–H and O–H groups in total. The van der Waals surface area contributed by atoms with Crippen molar-refractivity contribution in [2.45, 2.75) is 39.2 Å². The van der Waals surface area contributed by atoms with Crippen molar-refractivity contribution < 1.29 is 19.7 Å². The molecule has 5 nitrogen and oxygen atoms in total. The second-order valence-electron chi connectivity index (χ2n) is 6.57. The summed E-state index contributed by atoms with van der Waals surface area (Å²) in [6.07, 6.45) is 0.882. The Morgan fingerprint density at radius 1 is 1.50 bits per heavy atom. The normalized spacial score (nSPS) is 24.8. The Balaban J connectivity index is 1.95. The van der Waals surface area contributed by atoms with Crippen molar-refractivity contribution in [3.63, 3.8) is 0 Å². The minimum absolute atomic E-state index is 0.349. The van der Waals surface area contributed by atoms with Crippen LogP contribution in [0.15, 0.2) is 18.2 Å². The van der Waals surface area contributed by atoms with Gasteiger partial charge in [0.2, 0.25) is 0 Å². The molecule has 0 aliphatic carbocycles. The summed E-state index contributed by atoms with van der Waals surface area (Å²) in [5, 5.41) is 20.5. The van der Waals surface area contributed by atoms with Crippen LogP contribution in [0.1, 0.15) is 31.7 Å². The molecule has 1 aliphatic rings. The zero-order valence-corrected chi connectivity index (χ0v) is 15.1. The third-order valence-electron chi connectivity index (χ3n) is 4.74. The molecule has 1 saturated heterocycles. The molecule has 1 aromatic carbocycles. The lowest BCUT2D eigenvalue weighted by Crippen LogP contribution is -2.56. The predicted molar refractivity (Wildman–Crippen MR) is 93.7 cm³/mol. The van der Waals surface area contributed by atoms with Gasteiger partial charge in [-0.3, -0.25) is 9.69 Å². The smallest absolute Gasteiger partial charge is 0.313 e. The summed E-state index contributed by atoms with van der Waals surface area (Å²) in [6.45, 7) is 5.98. The van der Waals surface area contributed by atoms with Crippen LogP contribution in [0.25, 0.3) is 0 Å². The van der Waals surface area contributed by atoms with Crippen LogP contribution in [0.5, 0.6) is 5.75 Å². The molecular formula is C18H26ClNO4. The van der Waals surface area contributed by atoms with E-state index in [0.29, 0.717) is 49.9 Å². The van der Waals surface area contributed by atoms with E-state index in [4.69, 9.17) is 16.3 Å². The van der Waals surface area contributed by atoms with Crippen molar-refractivity contribution in [3.8, 4) is 5.75 Å². The number of nitrogens with zero attached hydrogens (tertiary/aromatic N) is 1. The first-order valence-corrected chi connectivity index (χ1v) is 8.79. The molecule has 134 valence electrons. The number of carboxylic acids is 1. The molecule has 0 aromatic heterocycles. The van der Waals surface area contributed by atoms with E-state index in [1.165, 1.54) is 0 Å². The largest absolute Gasteiger partial charge is 0.491 e. The van der Waals surface area contributed by atoms with Gasteiger partial charge in [0.15, 0.2) is 0 Å². The number of rotatable bonds is 7. The van der Waals surface area contributed by atoms with Crippen molar-refractivity contribution >= 4 is 17.6 Å². The Morgan fingerprint density at radius 3 is 2.92 bits per heavy atom. The Bertz CT molecular complexity index is 580. The first kappa shape index (κ1) is 19.0. The van der Waals surface area contributed by atoms with E-state index in [2.05, 4.69) is 4.90 Å². The number of halogens is 1. The summed E-state index contributed by atoms with van der Waals surface area (Å²) in [5.74, 6) is -0.268. The van der Waals surface area contributed by atoms with E-state index in [1.54, 1.807) is 6.07 Å². The van der Waals surface area contributed by atoms with Crippen LogP contribution < -0.4 is 4.74 Å². The molecule has 0 bridgehead atoms.